The normalized spacial score (nSPS) is 17.8. The number of hydrogen-bond donors (Lipinski definition) is 1. The SMILES string of the molecule is CCN1CCN(CCCNC(=O)Cn2cnc3nc4c(cc3c2=O)CCCC4)CC1. The summed E-state index contributed by atoms with van der Waals surface area (Å²) in [6.07, 6.45) is 6.54. The fourth-order valence-corrected chi connectivity index (χ4v) is 4.39. The smallest absolute Gasteiger partial charge is 0.263 e. The maximum absolute atomic E-state index is 12.8. The highest BCUT2D eigenvalue weighted by atomic mass is 16.2. The Hall–Kier alpha value is -2.32. The summed E-state index contributed by atoms with van der Waals surface area (Å²) in [4.78, 5) is 39.0. The van der Waals surface area contributed by atoms with E-state index in [0.717, 1.165) is 82.6 Å². The molecule has 30 heavy (non-hydrogen) atoms. The Bertz CT molecular complexity index is 949. The summed E-state index contributed by atoms with van der Waals surface area (Å²) >= 11 is 0. The summed E-state index contributed by atoms with van der Waals surface area (Å²) < 4.78 is 1.39. The van der Waals surface area contributed by atoms with Gasteiger partial charge in [0.15, 0.2) is 5.65 Å². The van der Waals surface area contributed by atoms with Crippen molar-refractivity contribution in [3.63, 3.8) is 0 Å². The number of likely N-dealkylation sites (N-methyl/N-ethyl adjacent to an activating group) is 1. The van der Waals surface area contributed by atoms with Crippen molar-refractivity contribution in [3.05, 3.63) is 34.0 Å². The van der Waals surface area contributed by atoms with Gasteiger partial charge >= 0.3 is 0 Å². The van der Waals surface area contributed by atoms with E-state index in [4.69, 9.17) is 0 Å². The minimum absolute atomic E-state index is 0.00592. The maximum atomic E-state index is 12.8. The molecule has 8 heteroatoms. The van der Waals surface area contributed by atoms with E-state index in [1.807, 2.05) is 6.07 Å². The van der Waals surface area contributed by atoms with Crippen LogP contribution in [0.2, 0.25) is 0 Å². The van der Waals surface area contributed by atoms with Crippen LogP contribution in [0.3, 0.4) is 0 Å². The number of carbonyl (C=O) groups is 1. The van der Waals surface area contributed by atoms with E-state index < -0.39 is 0 Å². The van der Waals surface area contributed by atoms with Gasteiger partial charge in [-0.15, -0.1) is 0 Å². The summed E-state index contributed by atoms with van der Waals surface area (Å²) in [5.74, 6) is -0.153. The monoisotopic (exact) mass is 412 g/mol. The Kier molecular flexibility index (Phi) is 6.74. The van der Waals surface area contributed by atoms with E-state index in [-0.39, 0.29) is 18.0 Å². The van der Waals surface area contributed by atoms with E-state index in [2.05, 4.69) is 32.0 Å². The molecule has 1 aliphatic heterocycles. The maximum Gasteiger partial charge on any atom is 0.263 e. The number of carbonyl (C=O) groups excluding carboxylic acids is 1. The largest absolute Gasteiger partial charge is 0.354 e. The lowest BCUT2D eigenvalue weighted by atomic mass is 9.95. The molecule has 0 radical (unpaired) electrons. The van der Waals surface area contributed by atoms with Crippen LogP contribution in [0.4, 0.5) is 0 Å². The lowest BCUT2D eigenvalue weighted by Gasteiger charge is -2.33. The molecular weight excluding hydrogens is 380 g/mol. The van der Waals surface area contributed by atoms with E-state index in [9.17, 15) is 9.59 Å². The van der Waals surface area contributed by atoms with Crippen molar-refractivity contribution in [2.24, 2.45) is 0 Å². The Labute approximate surface area is 177 Å². The number of fused-ring (bicyclic) bond motifs is 2. The molecule has 0 spiro atoms. The molecule has 2 aromatic rings. The summed E-state index contributed by atoms with van der Waals surface area (Å²) in [5, 5.41) is 3.45. The molecule has 1 saturated heterocycles. The van der Waals surface area contributed by atoms with Crippen molar-refractivity contribution in [3.8, 4) is 0 Å². The highest BCUT2D eigenvalue weighted by Gasteiger charge is 2.16. The molecule has 0 aromatic carbocycles. The first kappa shape index (κ1) is 20.9. The molecule has 8 nitrogen and oxygen atoms in total. The van der Waals surface area contributed by atoms with Gasteiger partial charge in [-0.3, -0.25) is 14.2 Å². The minimum atomic E-state index is -0.190. The Balaban J connectivity index is 1.29. The van der Waals surface area contributed by atoms with Gasteiger partial charge in [0, 0.05) is 38.4 Å². The zero-order chi connectivity index (χ0) is 20.9. The minimum Gasteiger partial charge on any atom is -0.354 e. The van der Waals surface area contributed by atoms with Crippen molar-refractivity contribution in [1.82, 2.24) is 29.7 Å². The number of nitrogens with zero attached hydrogens (tertiary/aromatic N) is 5. The molecule has 2 aromatic heterocycles. The highest BCUT2D eigenvalue weighted by molar-refractivity contribution is 5.77. The van der Waals surface area contributed by atoms with E-state index in [1.54, 1.807) is 0 Å². The van der Waals surface area contributed by atoms with Crippen LogP contribution in [-0.2, 0) is 24.2 Å². The van der Waals surface area contributed by atoms with Crippen LogP contribution in [0.1, 0.15) is 37.4 Å². The zero-order valence-electron chi connectivity index (χ0n) is 17.9. The van der Waals surface area contributed by atoms with E-state index in [0.29, 0.717) is 17.6 Å². The van der Waals surface area contributed by atoms with E-state index >= 15 is 0 Å². The third kappa shape index (κ3) is 4.87. The van der Waals surface area contributed by atoms with Crippen molar-refractivity contribution in [2.45, 2.75) is 45.6 Å². The predicted octanol–water partition coefficient (Wildman–Crippen LogP) is 0.814. The molecule has 1 N–H and O–H groups in total. The molecule has 0 atom stereocenters. The average molecular weight is 413 g/mol. The van der Waals surface area contributed by atoms with Gasteiger partial charge in [0.05, 0.1) is 5.39 Å². The van der Waals surface area contributed by atoms with Crippen LogP contribution in [-0.4, -0.2) is 76.1 Å². The van der Waals surface area contributed by atoms with Gasteiger partial charge in [0.25, 0.3) is 5.56 Å². The van der Waals surface area contributed by atoms with Crippen molar-refractivity contribution < 1.29 is 4.79 Å². The summed E-state index contributed by atoms with van der Waals surface area (Å²) in [6.45, 7) is 9.36. The number of pyridine rings is 1. The van der Waals surface area contributed by atoms with Crippen LogP contribution >= 0.6 is 0 Å². The molecule has 0 bridgehead atoms. The third-order valence-electron chi connectivity index (χ3n) is 6.29. The first-order chi connectivity index (χ1) is 14.6. The fraction of sp³-hybridized carbons (Fsp3) is 0.636. The number of amides is 1. The quantitative estimate of drug-likeness (QED) is 0.678. The third-order valence-corrected chi connectivity index (χ3v) is 6.29. The lowest BCUT2D eigenvalue weighted by Crippen LogP contribution is -2.46. The molecule has 0 unspecified atom stereocenters. The zero-order valence-corrected chi connectivity index (χ0v) is 17.9. The molecule has 2 aliphatic rings. The average Bonchev–Trinajstić information content (AvgIpc) is 2.78. The van der Waals surface area contributed by atoms with Crippen LogP contribution in [0, 0.1) is 0 Å². The number of nitrogens with one attached hydrogen (secondary N) is 1. The van der Waals surface area contributed by atoms with E-state index in [1.165, 1.54) is 10.9 Å². The first-order valence-electron chi connectivity index (χ1n) is 11.2. The van der Waals surface area contributed by atoms with Crippen LogP contribution < -0.4 is 10.9 Å². The number of hydrogen-bond acceptors (Lipinski definition) is 6. The number of piperazine rings is 1. The molecular formula is C22H32N6O2. The van der Waals surface area contributed by atoms with Gasteiger partial charge in [-0.2, -0.15) is 0 Å². The van der Waals surface area contributed by atoms with Gasteiger partial charge < -0.3 is 15.1 Å². The molecule has 162 valence electrons. The van der Waals surface area contributed by atoms with Crippen LogP contribution in [0.25, 0.3) is 11.0 Å². The Morgan fingerprint density at radius 1 is 1.13 bits per heavy atom. The van der Waals surface area contributed by atoms with Gasteiger partial charge in [-0.05, 0) is 56.8 Å². The number of aromatic nitrogens is 3. The first-order valence-corrected chi connectivity index (χ1v) is 11.2. The van der Waals surface area contributed by atoms with Crippen molar-refractivity contribution in [2.75, 3.05) is 45.8 Å². The molecule has 1 fully saturated rings. The second-order valence-electron chi connectivity index (χ2n) is 8.33. The second-order valence-corrected chi connectivity index (χ2v) is 8.33. The number of aryl methyl sites for hydroxylation is 2. The Morgan fingerprint density at radius 3 is 2.70 bits per heavy atom. The fourth-order valence-electron chi connectivity index (χ4n) is 4.39. The van der Waals surface area contributed by atoms with Gasteiger partial charge in [0.2, 0.25) is 5.91 Å². The molecule has 0 saturated carbocycles. The molecule has 1 aliphatic carbocycles. The Morgan fingerprint density at radius 2 is 1.90 bits per heavy atom. The predicted molar refractivity (Wildman–Crippen MR) is 117 cm³/mol. The summed E-state index contributed by atoms with van der Waals surface area (Å²) in [6, 6.07) is 1.93. The van der Waals surface area contributed by atoms with Gasteiger partial charge in [0.1, 0.15) is 12.9 Å². The van der Waals surface area contributed by atoms with Gasteiger partial charge in [-0.1, -0.05) is 6.92 Å². The lowest BCUT2D eigenvalue weighted by molar-refractivity contribution is -0.121. The summed E-state index contributed by atoms with van der Waals surface area (Å²) in [5.41, 5.74) is 2.51. The number of rotatable bonds is 7. The highest BCUT2D eigenvalue weighted by Crippen LogP contribution is 2.21. The van der Waals surface area contributed by atoms with Crippen molar-refractivity contribution >= 4 is 16.9 Å². The molecule has 4 rings (SSSR count). The molecule has 1 amide bonds. The van der Waals surface area contributed by atoms with Gasteiger partial charge in [-0.25, -0.2) is 9.97 Å². The summed E-state index contributed by atoms with van der Waals surface area (Å²) in [7, 11) is 0. The molecule has 3 heterocycles. The topological polar surface area (TPSA) is 83.4 Å². The van der Waals surface area contributed by atoms with Crippen LogP contribution in [0.15, 0.2) is 17.2 Å². The van der Waals surface area contributed by atoms with Crippen molar-refractivity contribution in [1.29, 1.82) is 0 Å². The second kappa shape index (κ2) is 9.66. The van der Waals surface area contributed by atoms with Crippen LogP contribution in [0.5, 0.6) is 0 Å². The standard InChI is InChI=1S/C22H32N6O2/c1-2-26-10-12-27(13-11-26)9-5-8-23-20(29)15-28-16-24-21-18(22(28)30)14-17-6-3-4-7-19(17)25-21/h14,16H,2-13,15H2,1H3,(H,23,29).